The van der Waals surface area contributed by atoms with E-state index in [2.05, 4.69) is 20.7 Å². The van der Waals surface area contributed by atoms with Crippen LogP contribution in [0.3, 0.4) is 0 Å². The molecular weight excluding hydrogens is 497 g/mol. The van der Waals surface area contributed by atoms with Gasteiger partial charge < -0.3 is 15.4 Å². The largest absolute Gasteiger partial charge is 0.489 e. The molecule has 0 bridgehead atoms. The molecule has 0 saturated heterocycles. The minimum absolute atomic E-state index is 0.171. The summed E-state index contributed by atoms with van der Waals surface area (Å²) in [7, 11) is 0. The fourth-order valence-electron chi connectivity index (χ4n) is 4.11. The van der Waals surface area contributed by atoms with Crippen LogP contribution in [-0.4, -0.2) is 20.7 Å². The summed E-state index contributed by atoms with van der Waals surface area (Å²) in [6, 6.07) is 22.4. The molecule has 3 aromatic carbocycles. The Morgan fingerprint density at radius 2 is 1.81 bits per heavy atom. The van der Waals surface area contributed by atoms with E-state index >= 15 is 0 Å². The van der Waals surface area contributed by atoms with Crippen LogP contribution in [0.2, 0.25) is 10.0 Å². The van der Waals surface area contributed by atoms with Gasteiger partial charge in [-0.3, -0.25) is 4.79 Å². The van der Waals surface area contributed by atoms with Crippen molar-refractivity contribution in [3.63, 3.8) is 0 Å². The first kappa shape index (κ1) is 23.9. The number of benzene rings is 3. The molecule has 9 heteroatoms. The zero-order chi connectivity index (χ0) is 25.1. The van der Waals surface area contributed by atoms with E-state index in [9.17, 15) is 4.79 Å². The van der Waals surface area contributed by atoms with E-state index in [4.69, 9.17) is 27.9 Å². The van der Waals surface area contributed by atoms with E-state index in [0.29, 0.717) is 40.5 Å². The van der Waals surface area contributed by atoms with Crippen molar-refractivity contribution < 1.29 is 9.53 Å². The number of carbonyl (C=O) groups is 1. The van der Waals surface area contributed by atoms with Crippen molar-refractivity contribution in [3.8, 4) is 5.75 Å². The third kappa shape index (κ3) is 5.08. The molecule has 7 nitrogen and oxygen atoms in total. The predicted octanol–water partition coefficient (Wildman–Crippen LogP) is 5.77. The minimum Gasteiger partial charge on any atom is -0.489 e. The number of hydrogen-bond donors (Lipinski definition) is 2. The van der Waals surface area contributed by atoms with Gasteiger partial charge in [0.2, 0.25) is 5.95 Å². The lowest BCUT2D eigenvalue weighted by molar-refractivity contribution is -0.118. The maximum Gasteiger partial charge on any atom is 0.251 e. The first-order valence-electron chi connectivity index (χ1n) is 11.4. The lowest BCUT2D eigenvalue weighted by atomic mass is 9.95. The number of anilines is 1. The summed E-state index contributed by atoms with van der Waals surface area (Å²) in [6.07, 6.45) is 1.47. The van der Waals surface area contributed by atoms with Gasteiger partial charge >= 0.3 is 0 Å². The van der Waals surface area contributed by atoms with Crippen LogP contribution in [0.1, 0.15) is 29.7 Å². The number of rotatable bonds is 7. The first-order chi connectivity index (χ1) is 17.5. The molecule has 0 aliphatic carbocycles. The highest BCUT2D eigenvalue weighted by molar-refractivity contribution is 6.42. The Morgan fingerprint density at radius 3 is 2.56 bits per heavy atom. The van der Waals surface area contributed by atoms with E-state index in [1.54, 1.807) is 16.8 Å². The number of halogens is 2. The van der Waals surface area contributed by atoms with Gasteiger partial charge in [0, 0.05) is 12.2 Å². The zero-order valence-corrected chi connectivity index (χ0v) is 20.9. The maximum atomic E-state index is 13.4. The summed E-state index contributed by atoms with van der Waals surface area (Å²) < 4.78 is 7.64. The van der Waals surface area contributed by atoms with E-state index in [-0.39, 0.29) is 5.91 Å². The molecule has 0 spiro atoms. The summed E-state index contributed by atoms with van der Waals surface area (Å²) in [5.74, 6) is 1.10. The fourth-order valence-corrected chi connectivity index (χ4v) is 4.43. The molecule has 0 fully saturated rings. The van der Waals surface area contributed by atoms with E-state index in [1.165, 1.54) is 6.33 Å². The average molecular weight is 520 g/mol. The Hall–Kier alpha value is -3.81. The number of ether oxygens (including phenoxy) is 1. The smallest absolute Gasteiger partial charge is 0.251 e. The van der Waals surface area contributed by atoms with Crippen molar-refractivity contribution in [1.29, 1.82) is 0 Å². The normalized spacial score (nSPS) is 14.7. The van der Waals surface area contributed by atoms with Gasteiger partial charge in [0.25, 0.3) is 5.91 Å². The predicted molar refractivity (Wildman–Crippen MR) is 140 cm³/mol. The van der Waals surface area contributed by atoms with Crippen molar-refractivity contribution in [3.05, 3.63) is 117 Å². The minimum atomic E-state index is -0.441. The van der Waals surface area contributed by atoms with Crippen LogP contribution in [0.25, 0.3) is 0 Å². The van der Waals surface area contributed by atoms with Gasteiger partial charge in [0.15, 0.2) is 0 Å². The third-order valence-corrected chi connectivity index (χ3v) is 6.66. The summed E-state index contributed by atoms with van der Waals surface area (Å²) in [4.78, 5) is 17.7. The van der Waals surface area contributed by atoms with Gasteiger partial charge in [-0.05, 0) is 47.9 Å². The first-order valence-corrected chi connectivity index (χ1v) is 12.1. The molecule has 182 valence electrons. The van der Waals surface area contributed by atoms with Crippen LogP contribution in [0.5, 0.6) is 5.75 Å². The van der Waals surface area contributed by atoms with Crippen LogP contribution < -0.4 is 15.4 Å². The van der Waals surface area contributed by atoms with Crippen molar-refractivity contribution >= 4 is 35.1 Å². The number of nitrogens with zero attached hydrogens (tertiary/aromatic N) is 3. The molecule has 4 aromatic rings. The number of aromatic nitrogens is 3. The molecule has 1 atom stereocenters. The summed E-state index contributed by atoms with van der Waals surface area (Å²) in [5.41, 5.74) is 4.12. The van der Waals surface area contributed by atoms with Crippen LogP contribution in [0, 0.1) is 0 Å². The highest BCUT2D eigenvalue weighted by Crippen LogP contribution is 2.35. The Bertz CT molecular complexity index is 1420. The van der Waals surface area contributed by atoms with Crippen LogP contribution in [0.4, 0.5) is 5.95 Å². The Morgan fingerprint density at radius 1 is 1.03 bits per heavy atom. The highest BCUT2D eigenvalue weighted by Gasteiger charge is 2.33. The van der Waals surface area contributed by atoms with Crippen molar-refractivity contribution in [2.45, 2.75) is 26.1 Å². The number of hydrogen-bond acceptors (Lipinski definition) is 5. The van der Waals surface area contributed by atoms with Gasteiger partial charge in [0.05, 0.1) is 15.6 Å². The van der Waals surface area contributed by atoms with Gasteiger partial charge in [0.1, 0.15) is 24.7 Å². The number of carbonyl (C=O) groups excluding carboxylic acids is 1. The van der Waals surface area contributed by atoms with E-state index in [1.807, 2.05) is 67.6 Å². The van der Waals surface area contributed by atoms with Crippen molar-refractivity contribution in [2.24, 2.45) is 0 Å². The molecular formula is C27H23Cl2N5O2. The molecule has 36 heavy (non-hydrogen) atoms. The maximum absolute atomic E-state index is 13.4. The molecule has 1 amide bonds. The molecule has 0 saturated carbocycles. The molecule has 2 heterocycles. The van der Waals surface area contributed by atoms with Crippen LogP contribution in [0.15, 0.2) is 90.4 Å². The second-order valence-electron chi connectivity index (χ2n) is 8.37. The topological polar surface area (TPSA) is 81.1 Å². The summed E-state index contributed by atoms with van der Waals surface area (Å²) in [5, 5.41) is 11.6. The van der Waals surface area contributed by atoms with Crippen LogP contribution >= 0.6 is 23.2 Å². The lowest BCUT2D eigenvalue weighted by Crippen LogP contribution is -2.34. The number of amides is 1. The summed E-state index contributed by atoms with van der Waals surface area (Å²) >= 11 is 12.1. The number of nitrogens with one attached hydrogen (secondary N) is 2. The molecule has 0 radical (unpaired) electrons. The number of fused-ring (bicyclic) bond motifs is 1. The van der Waals surface area contributed by atoms with Gasteiger partial charge in [-0.15, -0.1) is 0 Å². The Balaban J connectivity index is 1.36. The van der Waals surface area contributed by atoms with Crippen molar-refractivity contribution in [2.75, 3.05) is 5.32 Å². The second kappa shape index (κ2) is 10.4. The van der Waals surface area contributed by atoms with Crippen molar-refractivity contribution in [1.82, 2.24) is 20.1 Å². The molecule has 2 N–H and O–H groups in total. The standard InChI is InChI=1S/C27H23Cl2N5O2/c1-17-24(26(35)30-14-18-5-3-2-4-6-18)25(34-27(33-17)31-16-32-34)20-8-10-21(11-9-20)36-15-19-7-12-22(28)23(29)13-19/h2-13,16,25H,14-15H2,1H3,(H,30,35)(H,31,32,33)/t25-/m1/s1. The highest BCUT2D eigenvalue weighted by atomic mass is 35.5. The Labute approximate surface area is 218 Å². The van der Waals surface area contributed by atoms with E-state index in [0.717, 1.165) is 22.4 Å². The fraction of sp³-hybridized carbons (Fsp3) is 0.148. The molecule has 0 unspecified atom stereocenters. The SMILES string of the molecule is CC1=C(C(=O)NCc2ccccc2)[C@@H](c2ccc(OCc3ccc(Cl)c(Cl)c3)cc2)n2ncnc2N1. The Kier molecular flexibility index (Phi) is 6.93. The second-order valence-corrected chi connectivity index (χ2v) is 9.18. The molecule has 1 aliphatic rings. The quantitative estimate of drug-likeness (QED) is 0.324. The van der Waals surface area contributed by atoms with E-state index < -0.39 is 6.04 Å². The third-order valence-electron chi connectivity index (χ3n) is 5.92. The number of allylic oxidation sites excluding steroid dienone is 1. The monoisotopic (exact) mass is 519 g/mol. The summed E-state index contributed by atoms with van der Waals surface area (Å²) in [6.45, 7) is 2.65. The molecule has 5 rings (SSSR count). The zero-order valence-electron chi connectivity index (χ0n) is 19.4. The van der Waals surface area contributed by atoms with Gasteiger partial charge in [-0.25, -0.2) is 4.68 Å². The lowest BCUT2D eigenvalue weighted by Gasteiger charge is -2.28. The molecule has 1 aliphatic heterocycles. The van der Waals surface area contributed by atoms with Gasteiger partial charge in [-0.2, -0.15) is 10.1 Å². The average Bonchev–Trinajstić information content (AvgIpc) is 3.36. The van der Waals surface area contributed by atoms with Crippen LogP contribution in [-0.2, 0) is 17.9 Å². The van der Waals surface area contributed by atoms with Gasteiger partial charge in [-0.1, -0.05) is 71.7 Å². The molecule has 1 aromatic heterocycles.